The molecule has 154 valence electrons. The summed E-state index contributed by atoms with van der Waals surface area (Å²) in [6.45, 7) is 8.06. The van der Waals surface area contributed by atoms with Crippen LogP contribution in [-0.4, -0.2) is 46.6 Å². The second-order valence-electron chi connectivity index (χ2n) is 7.45. The quantitative estimate of drug-likeness (QED) is 0.514. The van der Waals surface area contributed by atoms with E-state index in [4.69, 9.17) is 17.0 Å². The van der Waals surface area contributed by atoms with Gasteiger partial charge in [0.2, 0.25) is 0 Å². The van der Waals surface area contributed by atoms with Gasteiger partial charge in [-0.1, -0.05) is 0 Å². The van der Waals surface area contributed by atoms with Gasteiger partial charge < -0.3 is 15.0 Å². The number of carbonyl (C=O) groups is 2. The SMILES string of the molecule is CC(C)NC(=S)NNC(=O)c1ccc(OCC(=O)N2C(C)CCCC2C)cc1. The molecule has 2 amide bonds. The number of amides is 2. The lowest BCUT2D eigenvalue weighted by Crippen LogP contribution is -2.49. The van der Waals surface area contributed by atoms with Crippen molar-refractivity contribution < 1.29 is 14.3 Å². The van der Waals surface area contributed by atoms with Crippen molar-refractivity contribution in [3.8, 4) is 5.75 Å². The Bertz CT molecular complexity index is 683. The molecule has 2 atom stereocenters. The summed E-state index contributed by atoms with van der Waals surface area (Å²) in [5, 5.41) is 3.32. The van der Waals surface area contributed by atoms with Crippen molar-refractivity contribution in [3.05, 3.63) is 29.8 Å². The smallest absolute Gasteiger partial charge is 0.269 e. The third-order valence-electron chi connectivity index (χ3n) is 4.67. The number of thiocarbonyl (C=S) groups is 1. The summed E-state index contributed by atoms with van der Waals surface area (Å²) >= 11 is 5.06. The summed E-state index contributed by atoms with van der Waals surface area (Å²) in [5.74, 6) is 0.232. The van der Waals surface area contributed by atoms with E-state index in [-0.39, 0.29) is 36.5 Å². The van der Waals surface area contributed by atoms with Gasteiger partial charge in [0.1, 0.15) is 5.75 Å². The molecular weight excluding hydrogens is 376 g/mol. The average molecular weight is 407 g/mol. The van der Waals surface area contributed by atoms with E-state index in [1.807, 2.05) is 18.7 Å². The maximum Gasteiger partial charge on any atom is 0.269 e. The molecule has 0 bridgehead atoms. The van der Waals surface area contributed by atoms with Crippen molar-refractivity contribution in [2.75, 3.05) is 6.61 Å². The van der Waals surface area contributed by atoms with E-state index in [2.05, 4.69) is 30.0 Å². The van der Waals surface area contributed by atoms with Crippen molar-refractivity contribution in [2.24, 2.45) is 0 Å². The second kappa shape index (κ2) is 10.3. The molecule has 1 fully saturated rings. The third-order valence-corrected chi connectivity index (χ3v) is 4.89. The second-order valence-corrected chi connectivity index (χ2v) is 7.86. The minimum absolute atomic E-state index is 0.00288. The molecule has 8 heteroatoms. The highest BCUT2D eigenvalue weighted by Gasteiger charge is 2.28. The monoisotopic (exact) mass is 406 g/mol. The minimum atomic E-state index is -0.313. The first-order chi connectivity index (χ1) is 13.3. The zero-order valence-corrected chi connectivity index (χ0v) is 17.8. The van der Waals surface area contributed by atoms with Crippen molar-refractivity contribution in [1.82, 2.24) is 21.1 Å². The Balaban J connectivity index is 1.82. The summed E-state index contributed by atoms with van der Waals surface area (Å²) in [4.78, 5) is 26.6. The van der Waals surface area contributed by atoms with Gasteiger partial charge in [0.15, 0.2) is 11.7 Å². The fraction of sp³-hybridized carbons (Fsp3) is 0.550. The molecule has 1 aliphatic rings. The maximum atomic E-state index is 12.5. The van der Waals surface area contributed by atoms with E-state index in [0.717, 1.165) is 19.3 Å². The predicted octanol–water partition coefficient (Wildman–Crippen LogP) is 2.37. The number of ether oxygens (including phenoxy) is 1. The Hall–Kier alpha value is -2.35. The fourth-order valence-corrected chi connectivity index (χ4v) is 3.61. The maximum absolute atomic E-state index is 12.5. The molecule has 1 aliphatic heterocycles. The number of carbonyl (C=O) groups excluding carboxylic acids is 2. The van der Waals surface area contributed by atoms with E-state index in [0.29, 0.717) is 16.4 Å². The normalized spacial score (nSPS) is 19.1. The molecule has 2 unspecified atom stereocenters. The van der Waals surface area contributed by atoms with Gasteiger partial charge in [-0.15, -0.1) is 0 Å². The lowest BCUT2D eigenvalue weighted by atomic mass is 9.97. The summed E-state index contributed by atoms with van der Waals surface area (Å²) < 4.78 is 5.63. The molecule has 7 nitrogen and oxygen atoms in total. The van der Waals surface area contributed by atoms with Gasteiger partial charge in [-0.2, -0.15) is 0 Å². The van der Waals surface area contributed by atoms with Gasteiger partial charge in [0, 0.05) is 23.7 Å². The molecule has 0 saturated carbocycles. The van der Waals surface area contributed by atoms with E-state index in [1.165, 1.54) is 0 Å². The number of benzene rings is 1. The fourth-order valence-electron chi connectivity index (χ4n) is 3.32. The molecule has 3 N–H and O–H groups in total. The van der Waals surface area contributed by atoms with Gasteiger partial charge in [0.25, 0.3) is 11.8 Å². The lowest BCUT2D eigenvalue weighted by Gasteiger charge is -2.38. The first-order valence-corrected chi connectivity index (χ1v) is 10.1. The molecule has 0 radical (unpaired) electrons. The van der Waals surface area contributed by atoms with Crippen LogP contribution >= 0.6 is 12.2 Å². The molecule has 0 spiro atoms. The number of rotatable bonds is 5. The van der Waals surface area contributed by atoms with E-state index in [9.17, 15) is 9.59 Å². The average Bonchev–Trinajstić information content (AvgIpc) is 2.64. The molecule has 0 aliphatic carbocycles. The number of hydrogen-bond acceptors (Lipinski definition) is 4. The molecular formula is C20H30N4O3S. The van der Waals surface area contributed by atoms with Crippen molar-refractivity contribution >= 4 is 29.1 Å². The first-order valence-electron chi connectivity index (χ1n) is 9.68. The lowest BCUT2D eigenvalue weighted by molar-refractivity contribution is -0.139. The van der Waals surface area contributed by atoms with Crippen LogP contribution in [0.4, 0.5) is 0 Å². The number of piperidine rings is 1. The van der Waals surface area contributed by atoms with E-state index < -0.39 is 0 Å². The van der Waals surface area contributed by atoms with Crippen molar-refractivity contribution in [3.63, 3.8) is 0 Å². The molecule has 1 aromatic rings. The number of nitrogens with one attached hydrogen (secondary N) is 3. The summed E-state index contributed by atoms with van der Waals surface area (Å²) in [6.07, 6.45) is 3.22. The van der Waals surface area contributed by atoms with Crippen LogP contribution in [0.2, 0.25) is 0 Å². The Morgan fingerprint density at radius 1 is 1.14 bits per heavy atom. The highest BCUT2D eigenvalue weighted by Crippen LogP contribution is 2.22. The summed E-state index contributed by atoms with van der Waals surface area (Å²) in [7, 11) is 0. The van der Waals surface area contributed by atoms with Gasteiger partial charge in [0.05, 0.1) is 0 Å². The van der Waals surface area contributed by atoms with Crippen LogP contribution in [0, 0.1) is 0 Å². The Morgan fingerprint density at radius 3 is 2.32 bits per heavy atom. The number of hydrogen-bond donors (Lipinski definition) is 3. The van der Waals surface area contributed by atoms with Gasteiger partial charge in [-0.3, -0.25) is 20.4 Å². The largest absolute Gasteiger partial charge is 0.484 e. The van der Waals surface area contributed by atoms with Crippen molar-refractivity contribution in [1.29, 1.82) is 0 Å². The number of likely N-dealkylation sites (tertiary alicyclic amines) is 1. The first kappa shape index (κ1) is 21.9. The van der Waals surface area contributed by atoms with Crippen LogP contribution in [0.5, 0.6) is 5.75 Å². The number of nitrogens with zero attached hydrogens (tertiary/aromatic N) is 1. The van der Waals surface area contributed by atoms with E-state index in [1.54, 1.807) is 24.3 Å². The zero-order chi connectivity index (χ0) is 20.7. The van der Waals surface area contributed by atoms with Crippen LogP contribution in [0.1, 0.15) is 57.3 Å². The predicted molar refractivity (Wildman–Crippen MR) is 113 cm³/mol. The Labute approximate surface area is 172 Å². The summed E-state index contributed by atoms with van der Waals surface area (Å²) in [5.41, 5.74) is 5.64. The van der Waals surface area contributed by atoms with Crippen LogP contribution in [-0.2, 0) is 4.79 Å². The standard InChI is InChI=1S/C20H30N4O3S/c1-13(2)21-20(28)23-22-19(26)16-8-10-17(11-9-16)27-12-18(25)24-14(3)6-5-7-15(24)4/h8-11,13-15H,5-7,12H2,1-4H3,(H,22,26)(H2,21,23,28). The summed E-state index contributed by atoms with van der Waals surface area (Å²) in [6, 6.07) is 7.30. The number of hydrazine groups is 1. The molecule has 1 aromatic carbocycles. The minimum Gasteiger partial charge on any atom is -0.484 e. The molecule has 1 heterocycles. The van der Waals surface area contributed by atoms with Crippen LogP contribution in [0.3, 0.4) is 0 Å². The van der Waals surface area contributed by atoms with Crippen LogP contribution < -0.4 is 20.9 Å². The van der Waals surface area contributed by atoms with Gasteiger partial charge in [-0.25, -0.2) is 0 Å². The highest BCUT2D eigenvalue weighted by molar-refractivity contribution is 7.80. The van der Waals surface area contributed by atoms with Gasteiger partial charge >= 0.3 is 0 Å². The van der Waals surface area contributed by atoms with Gasteiger partial charge in [-0.05, 0) is 83.4 Å². The highest BCUT2D eigenvalue weighted by atomic mass is 32.1. The Morgan fingerprint density at radius 2 is 1.75 bits per heavy atom. The van der Waals surface area contributed by atoms with Crippen LogP contribution in [0.15, 0.2) is 24.3 Å². The third kappa shape index (κ3) is 6.37. The Kier molecular flexibility index (Phi) is 8.04. The molecule has 1 saturated heterocycles. The molecule has 2 rings (SSSR count). The topological polar surface area (TPSA) is 82.7 Å². The van der Waals surface area contributed by atoms with E-state index >= 15 is 0 Å². The van der Waals surface area contributed by atoms with Crippen molar-refractivity contribution in [2.45, 2.75) is 65.1 Å². The molecule has 0 aromatic heterocycles. The van der Waals surface area contributed by atoms with Crippen LogP contribution in [0.25, 0.3) is 0 Å². The zero-order valence-electron chi connectivity index (χ0n) is 17.0. The molecule has 28 heavy (non-hydrogen) atoms.